The number of benzene rings is 2. The molecule has 0 spiro atoms. The Morgan fingerprint density at radius 1 is 1.04 bits per heavy atom. The third-order valence-electron chi connectivity index (χ3n) is 4.56. The van der Waals surface area contributed by atoms with Crippen molar-refractivity contribution in [2.24, 2.45) is 0 Å². The van der Waals surface area contributed by atoms with Gasteiger partial charge in [0.1, 0.15) is 0 Å². The molecule has 3 heteroatoms. The first-order valence-corrected chi connectivity index (χ1v) is 8.23. The number of nitrogens with zero attached hydrogens (tertiary/aromatic N) is 2. The lowest BCUT2D eigenvalue weighted by Crippen LogP contribution is -2.54. The number of aryl methyl sites for hydroxylation is 1. The van der Waals surface area contributed by atoms with Gasteiger partial charge in [-0.15, -0.1) is 0 Å². The minimum Gasteiger partial charge on any atom is -0.333 e. The van der Waals surface area contributed by atoms with Gasteiger partial charge in [0, 0.05) is 31.2 Å². The highest BCUT2D eigenvalue weighted by Gasteiger charge is 2.29. The Morgan fingerprint density at radius 2 is 1.74 bits per heavy atom. The summed E-state index contributed by atoms with van der Waals surface area (Å²) in [7, 11) is 2.13. The fraction of sp³-hybridized carbons (Fsp3) is 0.350. The molecule has 0 bridgehead atoms. The van der Waals surface area contributed by atoms with Crippen molar-refractivity contribution in [3.8, 4) is 0 Å². The fourth-order valence-electron chi connectivity index (χ4n) is 3.20. The maximum Gasteiger partial charge on any atom is 0.254 e. The molecule has 0 aliphatic carbocycles. The standard InChI is InChI=1S/C20H24N2O/c1-16-8-10-18(11-9-16)20(23)22-13-12-21(2)15-19(22)14-17-6-4-3-5-7-17/h3-11,19H,12-15H2,1-2H3. The molecule has 0 radical (unpaired) electrons. The molecule has 1 unspecified atom stereocenters. The number of rotatable bonds is 3. The van der Waals surface area contributed by atoms with Crippen molar-refractivity contribution in [3.05, 3.63) is 71.3 Å². The van der Waals surface area contributed by atoms with Crippen molar-refractivity contribution in [1.29, 1.82) is 0 Å². The van der Waals surface area contributed by atoms with Crippen LogP contribution in [0.3, 0.4) is 0 Å². The van der Waals surface area contributed by atoms with Gasteiger partial charge < -0.3 is 9.80 Å². The minimum absolute atomic E-state index is 0.152. The summed E-state index contributed by atoms with van der Waals surface area (Å²) in [6, 6.07) is 18.6. The fourth-order valence-corrected chi connectivity index (χ4v) is 3.20. The second kappa shape index (κ2) is 6.97. The van der Waals surface area contributed by atoms with E-state index in [2.05, 4.69) is 41.1 Å². The smallest absolute Gasteiger partial charge is 0.254 e. The van der Waals surface area contributed by atoms with Crippen molar-refractivity contribution in [1.82, 2.24) is 9.80 Å². The zero-order valence-corrected chi connectivity index (χ0v) is 13.9. The number of hydrogen-bond acceptors (Lipinski definition) is 2. The van der Waals surface area contributed by atoms with Crippen LogP contribution in [0.5, 0.6) is 0 Å². The van der Waals surface area contributed by atoms with E-state index in [9.17, 15) is 4.79 Å². The van der Waals surface area contributed by atoms with Crippen LogP contribution in [0.25, 0.3) is 0 Å². The second-order valence-corrected chi connectivity index (χ2v) is 6.47. The normalized spacial score (nSPS) is 18.9. The van der Waals surface area contributed by atoms with Gasteiger partial charge in [0.05, 0.1) is 0 Å². The molecule has 1 heterocycles. The zero-order chi connectivity index (χ0) is 16.2. The molecule has 3 nitrogen and oxygen atoms in total. The third-order valence-corrected chi connectivity index (χ3v) is 4.56. The Labute approximate surface area is 138 Å². The van der Waals surface area contributed by atoms with Crippen LogP contribution in [0.15, 0.2) is 54.6 Å². The Morgan fingerprint density at radius 3 is 2.43 bits per heavy atom. The van der Waals surface area contributed by atoms with Gasteiger partial charge in [-0.2, -0.15) is 0 Å². The van der Waals surface area contributed by atoms with Gasteiger partial charge in [0.25, 0.3) is 5.91 Å². The molecule has 1 aliphatic heterocycles. The van der Waals surface area contributed by atoms with Gasteiger partial charge in [0.15, 0.2) is 0 Å². The van der Waals surface area contributed by atoms with Crippen LogP contribution >= 0.6 is 0 Å². The van der Waals surface area contributed by atoms with Gasteiger partial charge in [0.2, 0.25) is 0 Å². The number of carbonyl (C=O) groups is 1. The molecule has 0 N–H and O–H groups in total. The lowest BCUT2D eigenvalue weighted by Gasteiger charge is -2.40. The molecular formula is C20H24N2O. The number of piperazine rings is 1. The maximum atomic E-state index is 12.9. The Hall–Kier alpha value is -2.13. The van der Waals surface area contributed by atoms with Crippen LogP contribution in [-0.4, -0.2) is 48.4 Å². The van der Waals surface area contributed by atoms with E-state index in [0.717, 1.165) is 31.6 Å². The van der Waals surface area contributed by atoms with Crippen molar-refractivity contribution >= 4 is 5.91 Å². The van der Waals surface area contributed by atoms with Crippen molar-refractivity contribution in [3.63, 3.8) is 0 Å². The van der Waals surface area contributed by atoms with Crippen LogP contribution < -0.4 is 0 Å². The van der Waals surface area contributed by atoms with Gasteiger partial charge >= 0.3 is 0 Å². The highest BCUT2D eigenvalue weighted by atomic mass is 16.2. The summed E-state index contributed by atoms with van der Waals surface area (Å²) in [6.07, 6.45) is 0.906. The molecule has 1 saturated heterocycles. The van der Waals surface area contributed by atoms with E-state index in [1.165, 1.54) is 11.1 Å². The first-order valence-electron chi connectivity index (χ1n) is 8.23. The summed E-state index contributed by atoms with van der Waals surface area (Å²) in [5.41, 5.74) is 3.26. The van der Waals surface area contributed by atoms with E-state index in [-0.39, 0.29) is 11.9 Å². The molecule has 23 heavy (non-hydrogen) atoms. The van der Waals surface area contributed by atoms with Crippen LogP contribution in [0, 0.1) is 6.92 Å². The van der Waals surface area contributed by atoms with E-state index >= 15 is 0 Å². The minimum atomic E-state index is 0.152. The molecule has 2 aromatic rings. The van der Waals surface area contributed by atoms with Crippen molar-refractivity contribution < 1.29 is 4.79 Å². The van der Waals surface area contributed by atoms with Crippen LogP contribution in [0.2, 0.25) is 0 Å². The maximum absolute atomic E-state index is 12.9. The Kier molecular flexibility index (Phi) is 4.77. The molecule has 1 amide bonds. The van der Waals surface area contributed by atoms with Crippen LogP contribution in [0.4, 0.5) is 0 Å². The third kappa shape index (κ3) is 3.80. The van der Waals surface area contributed by atoms with E-state index < -0.39 is 0 Å². The molecule has 3 rings (SSSR count). The topological polar surface area (TPSA) is 23.6 Å². The Bertz CT molecular complexity index is 651. The zero-order valence-electron chi connectivity index (χ0n) is 13.9. The first kappa shape index (κ1) is 15.8. The number of hydrogen-bond donors (Lipinski definition) is 0. The molecule has 1 aliphatic rings. The van der Waals surface area contributed by atoms with E-state index in [1.54, 1.807) is 0 Å². The van der Waals surface area contributed by atoms with Crippen LogP contribution in [-0.2, 0) is 6.42 Å². The number of carbonyl (C=O) groups excluding carboxylic acids is 1. The summed E-state index contributed by atoms with van der Waals surface area (Å²) in [6.45, 7) is 4.69. The van der Waals surface area contributed by atoms with E-state index in [0.29, 0.717) is 0 Å². The molecule has 0 saturated carbocycles. The summed E-state index contributed by atoms with van der Waals surface area (Å²) in [5.74, 6) is 0.152. The summed E-state index contributed by atoms with van der Waals surface area (Å²) in [5, 5.41) is 0. The highest BCUT2D eigenvalue weighted by Crippen LogP contribution is 2.18. The molecule has 120 valence electrons. The predicted molar refractivity (Wildman–Crippen MR) is 93.6 cm³/mol. The molecule has 2 aromatic carbocycles. The lowest BCUT2D eigenvalue weighted by molar-refractivity contribution is 0.0501. The van der Waals surface area contributed by atoms with Crippen LogP contribution in [0.1, 0.15) is 21.5 Å². The average molecular weight is 308 g/mol. The molecule has 1 fully saturated rings. The van der Waals surface area contributed by atoms with Gasteiger partial charge in [-0.25, -0.2) is 0 Å². The quantitative estimate of drug-likeness (QED) is 0.870. The van der Waals surface area contributed by atoms with Crippen molar-refractivity contribution in [2.75, 3.05) is 26.7 Å². The molecular weight excluding hydrogens is 284 g/mol. The summed E-state index contributed by atoms with van der Waals surface area (Å²) >= 11 is 0. The molecule has 1 atom stereocenters. The monoisotopic (exact) mass is 308 g/mol. The molecule has 0 aromatic heterocycles. The SMILES string of the molecule is Cc1ccc(C(=O)N2CCN(C)CC2Cc2ccccc2)cc1. The predicted octanol–water partition coefficient (Wildman–Crippen LogP) is 2.99. The van der Waals surface area contributed by atoms with Gasteiger partial charge in [-0.1, -0.05) is 48.0 Å². The Balaban J connectivity index is 1.79. The number of likely N-dealkylation sites (N-methyl/N-ethyl adjacent to an activating group) is 1. The largest absolute Gasteiger partial charge is 0.333 e. The van der Waals surface area contributed by atoms with Gasteiger partial charge in [-0.05, 0) is 38.1 Å². The number of amides is 1. The second-order valence-electron chi connectivity index (χ2n) is 6.47. The van der Waals surface area contributed by atoms with E-state index in [4.69, 9.17) is 0 Å². The first-order chi connectivity index (χ1) is 11.1. The van der Waals surface area contributed by atoms with E-state index in [1.807, 2.05) is 37.3 Å². The highest BCUT2D eigenvalue weighted by molar-refractivity contribution is 5.94. The lowest BCUT2D eigenvalue weighted by atomic mass is 10.0. The summed E-state index contributed by atoms with van der Waals surface area (Å²) in [4.78, 5) is 17.3. The summed E-state index contributed by atoms with van der Waals surface area (Å²) < 4.78 is 0. The van der Waals surface area contributed by atoms with Gasteiger partial charge in [-0.3, -0.25) is 4.79 Å². The van der Waals surface area contributed by atoms with Crippen molar-refractivity contribution in [2.45, 2.75) is 19.4 Å². The average Bonchev–Trinajstić information content (AvgIpc) is 2.56.